The maximum atomic E-state index is 12.8. The number of hydrogen-bond acceptors (Lipinski definition) is 16. The molecule has 2 fully saturated rings. The van der Waals surface area contributed by atoms with Crippen LogP contribution >= 0.6 is 0 Å². The molecule has 3 N–H and O–H groups in total. The zero-order valence-corrected chi connectivity index (χ0v) is 49.6. The fourth-order valence-corrected chi connectivity index (χ4v) is 24.1. The number of hydrogen-bond donors (Lipinski definition) is 3. The van der Waals surface area contributed by atoms with Gasteiger partial charge in [0, 0.05) is 49.4 Å². The predicted molar refractivity (Wildman–Crippen MR) is 299 cm³/mol. The highest BCUT2D eigenvalue weighted by Crippen LogP contribution is 2.46. The van der Waals surface area contributed by atoms with Gasteiger partial charge in [0.2, 0.25) is 0 Å². The zero-order chi connectivity index (χ0) is 54.9. The van der Waals surface area contributed by atoms with Crippen LogP contribution in [0.1, 0.15) is 127 Å². The maximum absolute atomic E-state index is 12.8. The van der Waals surface area contributed by atoms with Crippen molar-refractivity contribution in [1.82, 2.24) is 16.0 Å². The Balaban J connectivity index is 0.0000274. The third-order valence-corrected chi connectivity index (χ3v) is 24.1. The first-order valence-corrected chi connectivity index (χ1v) is 35.1. The van der Waals surface area contributed by atoms with Gasteiger partial charge in [0.1, 0.15) is 39.6 Å². The Hall–Kier alpha value is -3.81. The second kappa shape index (κ2) is 34.2. The van der Waals surface area contributed by atoms with E-state index in [4.69, 9.17) is 46.1 Å². The van der Waals surface area contributed by atoms with Crippen molar-refractivity contribution in [2.24, 2.45) is 16.2 Å². The van der Waals surface area contributed by atoms with Crippen LogP contribution in [0.5, 0.6) is 0 Å². The first kappa shape index (κ1) is 71.2. The van der Waals surface area contributed by atoms with Crippen LogP contribution in [0.3, 0.4) is 0 Å². The summed E-state index contributed by atoms with van der Waals surface area (Å²) in [5.41, 5.74) is 0.0597. The fourth-order valence-electron chi connectivity index (χ4n) is 10.1. The first-order chi connectivity index (χ1) is 33.9. The summed E-state index contributed by atoms with van der Waals surface area (Å²) in [5, 5.41) is 8.83. The molecule has 0 spiro atoms. The summed E-state index contributed by atoms with van der Waals surface area (Å²) in [4.78, 5) is 72.9. The molecule has 22 heteroatoms. The summed E-state index contributed by atoms with van der Waals surface area (Å²) in [5.74, 6) is -1.39. The standard InChI is InChI=1S/C51H93N3O16Si3.2CH4/c1-39(2)44(56)64-29-28-63-43(55)19-21-50(7)20-15-18-41(35-50)53-47(59)67-26-24-61-22-16-32-71(9,10)69-73(13,14)70-72(11,12)33-17-23-62-25-27-68-48(60)54-42-34-49(5,6)37-51(8,36-42)38-52-46(58)66-31-30-65-45(57)40(3)4;;/h41-42H,1,3,15-38H2,2,4-14H3,(H,52,58)(H,53,59)(H,54,60);2*1H4. The molecule has 0 aromatic heterocycles. The lowest BCUT2D eigenvalue weighted by atomic mass is 9.62. The molecule has 0 saturated heterocycles. The summed E-state index contributed by atoms with van der Waals surface area (Å²) in [7, 11) is -6.57. The van der Waals surface area contributed by atoms with Crippen LogP contribution in [0.25, 0.3) is 0 Å². The van der Waals surface area contributed by atoms with Crippen molar-refractivity contribution in [3.05, 3.63) is 24.3 Å². The Labute approximate surface area is 454 Å². The molecule has 0 radical (unpaired) electrons. The molecule has 75 heavy (non-hydrogen) atoms. The molecule has 19 nitrogen and oxygen atoms in total. The van der Waals surface area contributed by atoms with Gasteiger partial charge in [0.05, 0.1) is 13.2 Å². The Bertz CT molecular complexity index is 1820. The van der Waals surface area contributed by atoms with Crippen molar-refractivity contribution < 1.29 is 74.9 Å². The van der Waals surface area contributed by atoms with Crippen molar-refractivity contribution in [3.8, 4) is 0 Å². The van der Waals surface area contributed by atoms with Crippen molar-refractivity contribution in [3.63, 3.8) is 0 Å². The number of carbonyl (C=O) groups excluding carboxylic acids is 6. The number of esters is 3. The van der Waals surface area contributed by atoms with Crippen molar-refractivity contribution in [2.75, 3.05) is 72.6 Å². The second-order valence-corrected chi connectivity index (χ2v) is 35.5. The highest BCUT2D eigenvalue weighted by molar-refractivity contribution is 6.87. The number of carbonyl (C=O) groups is 6. The molecule has 2 aliphatic carbocycles. The Morgan fingerprint density at radius 3 is 1.51 bits per heavy atom. The van der Waals surface area contributed by atoms with E-state index in [1.807, 2.05) is 0 Å². The molecule has 2 saturated carbocycles. The van der Waals surface area contributed by atoms with E-state index in [2.05, 4.69) is 96.1 Å². The monoisotopic (exact) mass is 1120 g/mol. The molecule has 0 aromatic rings. The Morgan fingerprint density at radius 1 is 0.560 bits per heavy atom. The second-order valence-electron chi connectivity index (χ2n) is 23.0. The van der Waals surface area contributed by atoms with Crippen LogP contribution in [-0.2, 0) is 60.5 Å². The molecule has 436 valence electrons. The SMILES string of the molecule is C.C.C=C(C)C(=O)OCCOC(=O)CCC1(C)CCCC(NC(=O)OCCOCCC[Si](C)(C)O[Si](C)(C)O[Si](C)(C)CCCOCCOC(=O)NC2CC(C)(C)CC(C)(CNC(=O)OCCOC(=O)C(=C)C)C2)C1. The van der Waals surface area contributed by atoms with Crippen LogP contribution in [0.15, 0.2) is 24.3 Å². The van der Waals surface area contributed by atoms with Gasteiger partial charge in [0.25, 0.3) is 0 Å². The summed E-state index contributed by atoms with van der Waals surface area (Å²) in [6, 6.07) is 1.62. The molecule has 0 aliphatic heterocycles. The molecular formula is C53H101N3O16Si3. The van der Waals surface area contributed by atoms with Crippen molar-refractivity contribution >= 4 is 61.4 Å². The summed E-state index contributed by atoms with van der Waals surface area (Å²) < 4.78 is 56.3. The van der Waals surface area contributed by atoms with Gasteiger partial charge >= 0.3 is 44.7 Å². The molecule has 2 aliphatic rings. The number of ether oxygens (including phenoxy) is 8. The lowest BCUT2D eigenvalue weighted by Gasteiger charge is -2.46. The van der Waals surface area contributed by atoms with E-state index in [0.29, 0.717) is 39.2 Å². The minimum absolute atomic E-state index is 0. The number of amides is 3. The van der Waals surface area contributed by atoms with Gasteiger partial charge in [-0.2, -0.15) is 0 Å². The third-order valence-electron chi connectivity index (χ3n) is 12.7. The molecule has 2 rings (SSSR count). The van der Waals surface area contributed by atoms with Crippen molar-refractivity contribution in [1.29, 1.82) is 0 Å². The summed E-state index contributed by atoms with van der Waals surface area (Å²) in [6.07, 6.45) is 6.68. The average molecular weight is 1120 g/mol. The quantitative estimate of drug-likeness (QED) is 0.0182. The van der Waals surface area contributed by atoms with Crippen LogP contribution < -0.4 is 16.0 Å². The highest BCUT2D eigenvalue weighted by atomic mass is 28.5. The topological polar surface area (TPSA) is 231 Å². The van der Waals surface area contributed by atoms with Gasteiger partial charge in [0.15, 0.2) is 16.6 Å². The largest absolute Gasteiger partial charge is 0.462 e. The zero-order valence-electron chi connectivity index (χ0n) is 46.6. The van der Waals surface area contributed by atoms with E-state index in [9.17, 15) is 28.8 Å². The average Bonchev–Trinajstić information content (AvgIpc) is 3.25. The van der Waals surface area contributed by atoms with Gasteiger partial charge in [-0.25, -0.2) is 24.0 Å². The van der Waals surface area contributed by atoms with E-state index in [0.717, 1.165) is 63.5 Å². The van der Waals surface area contributed by atoms with Crippen LogP contribution in [0, 0.1) is 16.2 Å². The van der Waals surface area contributed by atoms with Gasteiger partial charge in [-0.15, -0.1) is 0 Å². The molecule has 0 bridgehead atoms. The summed E-state index contributed by atoms with van der Waals surface area (Å²) in [6.45, 7) is 33.8. The minimum Gasteiger partial charge on any atom is -0.462 e. The molecule has 4 atom stereocenters. The molecule has 0 heterocycles. The molecule has 0 aromatic carbocycles. The number of alkyl carbamates (subject to hydrolysis) is 3. The predicted octanol–water partition coefficient (Wildman–Crippen LogP) is 10.5. The van der Waals surface area contributed by atoms with Crippen LogP contribution in [0.4, 0.5) is 14.4 Å². The van der Waals surface area contributed by atoms with Gasteiger partial charge in [-0.05, 0) is 139 Å². The van der Waals surface area contributed by atoms with Crippen molar-refractivity contribution in [2.45, 2.75) is 190 Å². The van der Waals surface area contributed by atoms with E-state index in [1.165, 1.54) is 0 Å². The summed E-state index contributed by atoms with van der Waals surface area (Å²) >= 11 is 0. The Kier molecular flexibility index (Phi) is 32.4. The first-order valence-electron chi connectivity index (χ1n) is 26.1. The van der Waals surface area contributed by atoms with Gasteiger partial charge in [-0.3, -0.25) is 4.79 Å². The van der Waals surface area contributed by atoms with E-state index in [-0.39, 0.29) is 113 Å². The number of nitrogens with one attached hydrogen (secondary N) is 3. The normalized spacial score (nSPS) is 20.4. The maximum Gasteiger partial charge on any atom is 0.407 e. The smallest absolute Gasteiger partial charge is 0.407 e. The molecule has 4 unspecified atom stereocenters. The molecule has 3 amide bonds. The van der Waals surface area contributed by atoms with Crippen LogP contribution in [-0.4, -0.2) is 146 Å². The van der Waals surface area contributed by atoms with E-state index >= 15 is 0 Å². The minimum atomic E-state index is -2.44. The number of rotatable bonds is 33. The van der Waals surface area contributed by atoms with Crippen LogP contribution in [0.2, 0.25) is 51.4 Å². The molecular weight excluding hydrogens is 1020 g/mol. The van der Waals surface area contributed by atoms with E-state index in [1.54, 1.807) is 13.8 Å². The lowest BCUT2D eigenvalue weighted by molar-refractivity contribution is -0.150. The van der Waals surface area contributed by atoms with Gasteiger partial charge in [-0.1, -0.05) is 62.1 Å². The fraction of sp³-hybridized carbons (Fsp3) is 0.811. The third kappa shape index (κ3) is 32.5. The lowest BCUT2D eigenvalue weighted by Crippen LogP contribution is -2.52. The van der Waals surface area contributed by atoms with E-state index < -0.39 is 55.4 Å². The Morgan fingerprint density at radius 2 is 1.00 bits per heavy atom. The van der Waals surface area contributed by atoms with Gasteiger partial charge < -0.3 is 62.1 Å². The highest BCUT2D eigenvalue weighted by Gasteiger charge is 2.43.